The standard InChI is InChI=1S/C20H14ClN5O2/c1-2-28-20(27)16-17(21)15(12-8-4-3-5-9-12)19(24-25-22)26-14-11-7-6-10-13(14)23-18(16)26/h3-11H,2H2,1H3. The van der Waals surface area contributed by atoms with E-state index in [0.29, 0.717) is 22.2 Å². The van der Waals surface area contributed by atoms with E-state index < -0.39 is 5.97 Å². The van der Waals surface area contributed by atoms with Crippen LogP contribution in [0.2, 0.25) is 5.02 Å². The average molecular weight is 392 g/mol. The molecule has 0 unspecified atom stereocenters. The first-order valence-electron chi connectivity index (χ1n) is 8.57. The number of esters is 1. The number of pyridine rings is 1. The highest BCUT2D eigenvalue weighted by Gasteiger charge is 2.26. The molecule has 0 N–H and O–H groups in total. The third kappa shape index (κ3) is 2.74. The molecule has 0 aliphatic heterocycles. The smallest absolute Gasteiger partial charge is 0.343 e. The Morgan fingerprint density at radius 1 is 1.21 bits per heavy atom. The van der Waals surface area contributed by atoms with Crippen LogP contribution in [0.3, 0.4) is 0 Å². The van der Waals surface area contributed by atoms with Crippen molar-refractivity contribution in [2.24, 2.45) is 5.11 Å². The Kier molecular flexibility index (Phi) is 4.61. The second kappa shape index (κ2) is 7.23. The van der Waals surface area contributed by atoms with Gasteiger partial charge in [0.15, 0.2) is 5.65 Å². The molecule has 0 saturated heterocycles. The number of hydrogen-bond donors (Lipinski definition) is 0. The van der Waals surface area contributed by atoms with Crippen molar-refractivity contribution in [1.29, 1.82) is 0 Å². The number of hydrogen-bond acceptors (Lipinski definition) is 4. The lowest BCUT2D eigenvalue weighted by Crippen LogP contribution is -2.09. The van der Waals surface area contributed by atoms with Crippen LogP contribution in [-0.2, 0) is 4.74 Å². The Hall–Kier alpha value is -3.54. The fourth-order valence-corrected chi connectivity index (χ4v) is 3.58. The number of azide groups is 1. The van der Waals surface area contributed by atoms with Crippen molar-refractivity contribution in [3.63, 3.8) is 0 Å². The number of halogens is 1. The highest BCUT2D eigenvalue weighted by atomic mass is 35.5. The molecule has 0 fully saturated rings. The van der Waals surface area contributed by atoms with E-state index in [1.54, 1.807) is 11.3 Å². The Bertz CT molecular complexity index is 1260. The van der Waals surface area contributed by atoms with Crippen LogP contribution in [-0.4, -0.2) is 22.0 Å². The maximum Gasteiger partial charge on any atom is 0.343 e. The van der Waals surface area contributed by atoms with Crippen LogP contribution in [0.1, 0.15) is 17.3 Å². The Labute approximate surface area is 164 Å². The van der Waals surface area contributed by atoms with E-state index in [2.05, 4.69) is 15.0 Å². The molecule has 0 radical (unpaired) electrons. The summed E-state index contributed by atoms with van der Waals surface area (Å²) in [6.07, 6.45) is 0. The number of carbonyl (C=O) groups is 1. The van der Waals surface area contributed by atoms with Gasteiger partial charge in [-0.05, 0) is 35.3 Å². The quantitative estimate of drug-likeness (QED) is 0.187. The second-order valence-electron chi connectivity index (χ2n) is 5.92. The molecule has 0 spiro atoms. The molecule has 8 heteroatoms. The predicted molar refractivity (Wildman–Crippen MR) is 108 cm³/mol. The molecule has 0 aliphatic carbocycles. The first-order chi connectivity index (χ1) is 13.7. The van der Waals surface area contributed by atoms with Crippen LogP contribution >= 0.6 is 11.6 Å². The second-order valence-corrected chi connectivity index (χ2v) is 6.30. The van der Waals surface area contributed by atoms with Gasteiger partial charge < -0.3 is 4.74 Å². The highest BCUT2D eigenvalue weighted by molar-refractivity contribution is 6.38. The molecule has 0 amide bonds. The zero-order chi connectivity index (χ0) is 19.7. The zero-order valence-corrected chi connectivity index (χ0v) is 15.6. The van der Waals surface area contributed by atoms with Gasteiger partial charge in [0.1, 0.15) is 11.4 Å². The Balaban J connectivity index is 2.26. The summed E-state index contributed by atoms with van der Waals surface area (Å²) in [5, 5.41) is 4.04. The highest BCUT2D eigenvalue weighted by Crippen LogP contribution is 2.42. The van der Waals surface area contributed by atoms with Crippen LogP contribution in [0.4, 0.5) is 5.82 Å². The summed E-state index contributed by atoms with van der Waals surface area (Å²) in [5.74, 6) is -0.326. The monoisotopic (exact) mass is 391 g/mol. The van der Waals surface area contributed by atoms with Gasteiger partial charge in [0.25, 0.3) is 0 Å². The molecule has 0 aliphatic rings. The normalized spacial score (nSPS) is 10.8. The van der Waals surface area contributed by atoms with E-state index in [1.165, 1.54) is 0 Å². The van der Waals surface area contributed by atoms with Gasteiger partial charge in [-0.25, -0.2) is 9.78 Å². The van der Waals surface area contributed by atoms with Crippen LogP contribution in [0.5, 0.6) is 0 Å². The van der Waals surface area contributed by atoms with E-state index in [4.69, 9.17) is 16.3 Å². The van der Waals surface area contributed by atoms with Gasteiger partial charge >= 0.3 is 5.97 Å². The summed E-state index contributed by atoms with van der Waals surface area (Å²) >= 11 is 6.68. The molecule has 4 rings (SSSR count). The van der Waals surface area contributed by atoms with E-state index in [9.17, 15) is 10.3 Å². The summed E-state index contributed by atoms with van der Waals surface area (Å²) < 4.78 is 6.87. The molecule has 138 valence electrons. The number of benzene rings is 2. The molecule has 2 heterocycles. The van der Waals surface area contributed by atoms with Crippen molar-refractivity contribution in [2.75, 3.05) is 6.61 Å². The fraction of sp³-hybridized carbons (Fsp3) is 0.100. The minimum absolute atomic E-state index is 0.134. The lowest BCUT2D eigenvalue weighted by Gasteiger charge is -2.15. The first kappa shape index (κ1) is 17.9. The molecule has 28 heavy (non-hydrogen) atoms. The minimum Gasteiger partial charge on any atom is -0.462 e. The summed E-state index contributed by atoms with van der Waals surface area (Å²) in [6, 6.07) is 16.5. The van der Waals surface area contributed by atoms with Crippen molar-refractivity contribution < 1.29 is 9.53 Å². The van der Waals surface area contributed by atoms with Gasteiger partial charge in [-0.1, -0.05) is 54.1 Å². The lowest BCUT2D eigenvalue weighted by atomic mass is 10.0. The predicted octanol–water partition coefficient (Wildman–Crippen LogP) is 5.93. The van der Waals surface area contributed by atoms with Gasteiger partial charge in [-0.2, -0.15) is 0 Å². The molecule has 2 aromatic heterocycles. The van der Waals surface area contributed by atoms with Crippen LogP contribution in [0.15, 0.2) is 59.7 Å². The number of rotatable bonds is 4. The number of ether oxygens (including phenoxy) is 1. The number of nitrogens with zero attached hydrogens (tertiary/aromatic N) is 5. The van der Waals surface area contributed by atoms with E-state index in [1.807, 2.05) is 54.6 Å². The number of para-hydroxylation sites is 2. The van der Waals surface area contributed by atoms with Gasteiger partial charge in [0.2, 0.25) is 0 Å². The topological polar surface area (TPSA) is 92.4 Å². The van der Waals surface area contributed by atoms with E-state index in [0.717, 1.165) is 0 Å². The summed E-state index contributed by atoms with van der Waals surface area (Å²) in [7, 11) is 0. The summed E-state index contributed by atoms with van der Waals surface area (Å²) in [6.45, 7) is 1.91. The number of imidazole rings is 1. The molecule has 0 atom stereocenters. The first-order valence-corrected chi connectivity index (χ1v) is 8.95. The maximum atomic E-state index is 12.7. The largest absolute Gasteiger partial charge is 0.462 e. The van der Waals surface area contributed by atoms with Crippen molar-refractivity contribution in [3.8, 4) is 11.1 Å². The fourth-order valence-electron chi connectivity index (χ4n) is 3.22. The Morgan fingerprint density at radius 2 is 1.93 bits per heavy atom. The molecular formula is C20H14ClN5O2. The summed E-state index contributed by atoms with van der Waals surface area (Å²) in [5.41, 5.74) is 12.1. The molecule has 0 saturated carbocycles. The van der Waals surface area contributed by atoms with Crippen LogP contribution in [0, 0.1) is 0 Å². The minimum atomic E-state index is -0.586. The summed E-state index contributed by atoms with van der Waals surface area (Å²) in [4.78, 5) is 20.3. The third-order valence-corrected chi connectivity index (χ3v) is 4.72. The molecule has 4 aromatic rings. The van der Waals surface area contributed by atoms with Crippen LogP contribution in [0.25, 0.3) is 38.3 Å². The molecular weight excluding hydrogens is 378 g/mol. The zero-order valence-electron chi connectivity index (χ0n) is 14.8. The number of aromatic nitrogens is 2. The molecule has 0 bridgehead atoms. The van der Waals surface area contributed by atoms with Gasteiger partial charge in [0, 0.05) is 10.5 Å². The molecule has 2 aromatic carbocycles. The SMILES string of the molecule is CCOC(=O)c1c(Cl)c(-c2ccccc2)c(N=[N+]=[N-])n2c1nc1ccccc12. The van der Waals surface area contributed by atoms with E-state index in [-0.39, 0.29) is 28.7 Å². The van der Waals surface area contributed by atoms with Gasteiger partial charge in [-0.3, -0.25) is 4.40 Å². The van der Waals surface area contributed by atoms with Gasteiger partial charge in [0.05, 0.1) is 22.7 Å². The van der Waals surface area contributed by atoms with Gasteiger partial charge in [-0.15, -0.1) is 0 Å². The van der Waals surface area contributed by atoms with Crippen molar-refractivity contribution in [3.05, 3.63) is 75.6 Å². The van der Waals surface area contributed by atoms with Crippen molar-refractivity contribution >= 4 is 40.1 Å². The third-order valence-electron chi connectivity index (χ3n) is 4.34. The maximum absolute atomic E-state index is 12.7. The number of fused-ring (bicyclic) bond motifs is 3. The van der Waals surface area contributed by atoms with Crippen molar-refractivity contribution in [2.45, 2.75) is 6.92 Å². The van der Waals surface area contributed by atoms with Crippen LogP contribution < -0.4 is 0 Å². The van der Waals surface area contributed by atoms with E-state index >= 15 is 0 Å². The Morgan fingerprint density at radius 3 is 2.64 bits per heavy atom. The lowest BCUT2D eigenvalue weighted by molar-refractivity contribution is 0.0528. The number of carbonyl (C=O) groups excluding carboxylic acids is 1. The molecule has 7 nitrogen and oxygen atoms in total. The average Bonchev–Trinajstić information content (AvgIpc) is 3.08. The van der Waals surface area contributed by atoms with Crippen molar-refractivity contribution in [1.82, 2.24) is 9.38 Å².